The number of hydrogen-bond acceptors (Lipinski definition) is 4. The molecule has 7 nitrogen and oxygen atoms in total. The van der Waals surface area contributed by atoms with Gasteiger partial charge in [-0.2, -0.15) is 0 Å². The predicted octanol–water partition coefficient (Wildman–Crippen LogP) is 0.838. The van der Waals surface area contributed by atoms with Gasteiger partial charge in [-0.1, -0.05) is 11.6 Å². The van der Waals surface area contributed by atoms with Crippen LogP contribution in [0.25, 0.3) is 0 Å². The van der Waals surface area contributed by atoms with Crippen molar-refractivity contribution in [2.75, 3.05) is 18.9 Å². The Labute approximate surface area is 123 Å². The van der Waals surface area contributed by atoms with Crippen LogP contribution in [0.15, 0.2) is 18.2 Å². The first kappa shape index (κ1) is 14.9. The highest BCUT2D eigenvalue weighted by Crippen LogP contribution is 2.19. The average Bonchev–Trinajstić information content (AvgIpc) is 2.60. The molecule has 110 valence electrons. The van der Waals surface area contributed by atoms with E-state index in [9.17, 15) is 23.6 Å². The molecule has 0 radical (unpaired) electrons. The summed E-state index contributed by atoms with van der Waals surface area (Å²) < 4.78 is 13.5. The number of imide groups is 2. The van der Waals surface area contributed by atoms with E-state index in [2.05, 4.69) is 5.32 Å². The summed E-state index contributed by atoms with van der Waals surface area (Å²) in [5.41, 5.74) is -0.150. The molecule has 1 aromatic carbocycles. The second-order valence-corrected chi connectivity index (χ2v) is 4.65. The quantitative estimate of drug-likeness (QED) is 0.661. The van der Waals surface area contributed by atoms with E-state index in [1.54, 1.807) is 0 Å². The van der Waals surface area contributed by atoms with Crippen LogP contribution in [0.2, 0.25) is 5.02 Å². The summed E-state index contributed by atoms with van der Waals surface area (Å²) in [5.74, 6) is -3.70. The lowest BCUT2D eigenvalue weighted by Gasteiger charge is -2.13. The lowest BCUT2D eigenvalue weighted by molar-refractivity contribution is -0.143. The summed E-state index contributed by atoms with van der Waals surface area (Å²) in [4.78, 5) is 47.1. The van der Waals surface area contributed by atoms with Crippen molar-refractivity contribution < 1.29 is 23.6 Å². The van der Waals surface area contributed by atoms with E-state index in [1.807, 2.05) is 0 Å². The number of anilines is 1. The summed E-state index contributed by atoms with van der Waals surface area (Å²) in [6, 6.07) is 2.70. The number of benzene rings is 1. The fraction of sp³-hybridized carbons (Fsp3) is 0.167. The Kier molecular flexibility index (Phi) is 3.90. The molecule has 1 aliphatic heterocycles. The van der Waals surface area contributed by atoms with Crippen molar-refractivity contribution in [1.29, 1.82) is 0 Å². The maximum Gasteiger partial charge on any atom is 0.334 e. The zero-order valence-corrected chi connectivity index (χ0v) is 11.5. The molecule has 0 bridgehead atoms. The highest BCUT2D eigenvalue weighted by Gasteiger charge is 2.42. The molecular formula is C12H9ClFN3O4. The van der Waals surface area contributed by atoms with E-state index in [1.165, 1.54) is 12.1 Å². The Morgan fingerprint density at radius 2 is 1.95 bits per heavy atom. The summed E-state index contributed by atoms with van der Waals surface area (Å²) in [6.07, 6.45) is 0. The molecular weight excluding hydrogens is 305 g/mol. The van der Waals surface area contributed by atoms with Crippen LogP contribution in [-0.2, 0) is 14.4 Å². The smallest absolute Gasteiger partial charge is 0.322 e. The van der Waals surface area contributed by atoms with Gasteiger partial charge < -0.3 is 5.32 Å². The van der Waals surface area contributed by atoms with Gasteiger partial charge in [-0.25, -0.2) is 14.1 Å². The Hall–Kier alpha value is -2.48. The minimum absolute atomic E-state index is 0.150. The number of rotatable bonds is 3. The minimum Gasteiger partial charge on any atom is -0.322 e. The van der Waals surface area contributed by atoms with Crippen molar-refractivity contribution in [2.24, 2.45) is 0 Å². The second-order valence-electron chi connectivity index (χ2n) is 4.21. The highest BCUT2D eigenvalue weighted by atomic mass is 35.5. The van der Waals surface area contributed by atoms with Gasteiger partial charge in [-0.15, -0.1) is 0 Å². The number of likely N-dealkylation sites (N-methyl/N-ethyl adjacent to an activating group) is 1. The van der Waals surface area contributed by atoms with Gasteiger partial charge in [0.2, 0.25) is 5.91 Å². The third kappa shape index (κ3) is 2.84. The number of nitrogens with zero attached hydrogens (tertiary/aromatic N) is 2. The Balaban J connectivity index is 2.07. The fourth-order valence-electron chi connectivity index (χ4n) is 1.68. The maximum atomic E-state index is 13.5. The Bertz CT molecular complexity index is 664. The van der Waals surface area contributed by atoms with Crippen molar-refractivity contribution in [3.8, 4) is 0 Å². The maximum absolute atomic E-state index is 13.5. The van der Waals surface area contributed by atoms with Crippen LogP contribution in [0, 0.1) is 5.82 Å². The van der Waals surface area contributed by atoms with Crippen molar-refractivity contribution in [1.82, 2.24) is 9.80 Å². The normalized spacial score (nSPS) is 14.9. The number of halogens is 2. The first-order valence-corrected chi connectivity index (χ1v) is 6.07. The number of urea groups is 1. The van der Waals surface area contributed by atoms with Gasteiger partial charge in [0.05, 0.1) is 5.69 Å². The lowest BCUT2D eigenvalue weighted by atomic mass is 10.3. The molecule has 5 amide bonds. The van der Waals surface area contributed by atoms with Crippen LogP contribution in [0.3, 0.4) is 0 Å². The molecule has 1 fully saturated rings. The van der Waals surface area contributed by atoms with Crippen molar-refractivity contribution in [3.63, 3.8) is 0 Å². The molecule has 1 saturated heterocycles. The van der Waals surface area contributed by atoms with Crippen LogP contribution >= 0.6 is 11.6 Å². The molecule has 21 heavy (non-hydrogen) atoms. The van der Waals surface area contributed by atoms with Gasteiger partial charge in [0.25, 0.3) is 0 Å². The molecule has 1 heterocycles. The standard InChI is InChI=1S/C12H9ClFN3O4/c1-16-10(19)11(20)17(12(16)21)5-9(18)15-8-3-2-6(13)4-7(8)14/h2-4H,5H2,1H3,(H,15,18). The first-order chi connectivity index (χ1) is 9.81. The predicted molar refractivity (Wildman–Crippen MR) is 69.9 cm³/mol. The molecule has 9 heteroatoms. The zero-order chi connectivity index (χ0) is 15.7. The molecule has 0 unspecified atom stereocenters. The van der Waals surface area contributed by atoms with E-state index in [0.29, 0.717) is 9.80 Å². The molecule has 2 rings (SSSR count). The molecule has 0 atom stereocenters. The number of carbonyl (C=O) groups is 4. The lowest BCUT2D eigenvalue weighted by Crippen LogP contribution is -2.38. The van der Waals surface area contributed by atoms with Gasteiger partial charge in [0.1, 0.15) is 12.4 Å². The SMILES string of the molecule is CN1C(=O)C(=O)N(CC(=O)Nc2ccc(Cl)cc2F)C1=O. The van der Waals surface area contributed by atoms with Crippen molar-refractivity contribution >= 4 is 41.0 Å². The molecule has 0 spiro atoms. The van der Waals surface area contributed by atoms with Crippen molar-refractivity contribution in [2.45, 2.75) is 0 Å². The zero-order valence-electron chi connectivity index (χ0n) is 10.7. The van der Waals surface area contributed by atoms with Crippen LogP contribution in [0.4, 0.5) is 14.9 Å². The monoisotopic (exact) mass is 313 g/mol. The van der Waals surface area contributed by atoms with Crippen LogP contribution in [-0.4, -0.2) is 47.1 Å². The number of carbonyl (C=O) groups excluding carboxylic acids is 4. The van der Waals surface area contributed by atoms with Gasteiger partial charge in [0, 0.05) is 12.1 Å². The third-order valence-electron chi connectivity index (χ3n) is 2.76. The van der Waals surface area contributed by atoms with Gasteiger partial charge in [0.15, 0.2) is 0 Å². The molecule has 1 aromatic rings. The molecule has 0 saturated carbocycles. The summed E-state index contributed by atoms with van der Waals surface area (Å²) in [6.45, 7) is -0.685. The van der Waals surface area contributed by atoms with Crippen LogP contribution in [0.1, 0.15) is 0 Å². The van der Waals surface area contributed by atoms with Gasteiger partial charge in [-0.05, 0) is 18.2 Å². The van der Waals surface area contributed by atoms with Gasteiger partial charge >= 0.3 is 17.8 Å². The van der Waals surface area contributed by atoms with E-state index < -0.39 is 36.1 Å². The van der Waals surface area contributed by atoms with Crippen LogP contribution in [0.5, 0.6) is 0 Å². The second kappa shape index (κ2) is 5.49. The highest BCUT2D eigenvalue weighted by molar-refractivity contribution is 6.44. The number of amides is 5. The van der Waals surface area contributed by atoms with E-state index in [0.717, 1.165) is 13.1 Å². The fourth-order valence-corrected chi connectivity index (χ4v) is 1.84. The minimum atomic E-state index is -1.10. The third-order valence-corrected chi connectivity index (χ3v) is 2.99. The summed E-state index contributed by atoms with van der Waals surface area (Å²) in [5, 5.41) is 2.34. The Morgan fingerprint density at radius 1 is 1.29 bits per heavy atom. The number of hydrogen-bond donors (Lipinski definition) is 1. The summed E-state index contributed by atoms with van der Waals surface area (Å²) >= 11 is 5.57. The van der Waals surface area contributed by atoms with E-state index in [-0.39, 0.29) is 10.7 Å². The molecule has 0 aliphatic carbocycles. The first-order valence-electron chi connectivity index (χ1n) is 5.69. The average molecular weight is 314 g/mol. The summed E-state index contributed by atoms with van der Waals surface area (Å²) in [7, 11) is 1.12. The van der Waals surface area contributed by atoms with Gasteiger partial charge in [-0.3, -0.25) is 19.3 Å². The van der Waals surface area contributed by atoms with E-state index >= 15 is 0 Å². The molecule has 0 aromatic heterocycles. The molecule has 1 N–H and O–H groups in total. The number of nitrogens with one attached hydrogen (secondary N) is 1. The largest absolute Gasteiger partial charge is 0.334 e. The van der Waals surface area contributed by atoms with E-state index in [4.69, 9.17) is 11.6 Å². The van der Waals surface area contributed by atoms with Crippen molar-refractivity contribution in [3.05, 3.63) is 29.0 Å². The topological polar surface area (TPSA) is 86.8 Å². The van der Waals surface area contributed by atoms with Crippen LogP contribution < -0.4 is 5.32 Å². The Morgan fingerprint density at radius 3 is 2.48 bits per heavy atom. The molecule has 1 aliphatic rings.